The van der Waals surface area contributed by atoms with Gasteiger partial charge < -0.3 is 10.6 Å². The molecule has 1 aliphatic heterocycles. The predicted molar refractivity (Wildman–Crippen MR) is 67.5 cm³/mol. The Kier molecular flexibility index (Phi) is 3.33. The molecule has 2 N–H and O–H groups in total. The van der Waals surface area contributed by atoms with Gasteiger partial charge in [0.25, 0.3) is 0 Å². The van der Waals surface area contributed by atoms with E-state index in [0.717, 1.165) is 11.6 Å². The highest BCUT2D eigenvalue weighted by Crippen LogP contribution is 2.17. The molecule has 0 saturated heterocycles. The molecule has 1 aromatic carbocycles. The fraction of sp³-hybridized carbons (Fsp3) is 0.143. The summed E-state index contributed by atoms with van der Waals surface area (Å²) in [5.41, 5.74) is 5.78. The van der Waals surface area contributed by atoms with Gasteiger partial charge in [0.15, 0.2) is 5.82 Å². The first kappa shape index (κ1) is 12.2. The normalized spacial score (nSPS) is 13.9. The third-order valence-electron chi connectivity index (χ3n) is 2.53. The van der Waals surface area contributed by atoms with Gasteiger partial charge in [-0.2, -0.15) is 0 Å². The number of hydrogen-bond acceptors (Lipinski definition) is 2. The van der Waals surface area contributed by atoms with Crippen molar-refractivity contribution in [2.45, 2.75) is 0 Å². The molecule has 0 bridgehead atoms. The smallest absolute Gasteiger partial charge is 0.164 e. The van der Waals surface area contributed by atoms with Gasteiger partial charge >= 0.3 is 0 Å². The van der Waals surface area contributed by atoms with Crippen molar-refractivity contribution in [2.24, 2.45) is 0 Å². The molecule has 0 fully saturated rings. The van der Waals surface area contributed by atoms with Gasteiger partial charge in [-0.1, -0.05) is 11.8 Å². The Bertz CT molecular complexity index is 592. The lowest BCUT2D eigenvalue weighted by atomic mass is 10.1. The lowest BCUT2D eigenvalue weighted by Crippen LogP contribution is -2.15. The number of benzene rings is 1. The fourth-order valence-corrected chi connectivity index (χ4v) is 1.59. The lowest BCUT2D eigenvalue weighted by molar-refractivity contribution is 0.497. The van der Waals surface area contributed by atoms with Crippen molar-refractivity contribution in [1.82, 2.24) is 4.90 Å². The van der Waals surface area contributed by atoms with Crippen LogP contribution in [-0.2, 0) is 0 Å². The molecule has 2 nitrogen and oxygen atoms in total. The van der Waals surface area contributed by atoms with Crippen molar-refractivity contribution in [3.63, 3.8) is 0 Å². The van der Waals surface area contributed by atoms with Crippen molar-refractivity contribution in [1.29, 1.82) is 0 Å². The maximum absolute atomic E-state index is 13.6. The molecule has 1 aromatic rings. The lowest BCUT2D eigenvalue weighted by Gasteiger charge is -2.16. The maximum Gasteiger partial charge on any atom is 0.164 e. The SMILES string of the molecule is CN1C=CC=C(C#Cc2c(F)ccc(N)c2F)C1. The number of anilines is 1. The van der Waals surface area contributed by atoms with Crippen LogP contribution in [0.4, 0.5) is 14.5 Å². The minimum atomic E-state index is -0.803. The van der Waals surface area contributed by atoms with E-state index in [2.05, 4.69) is 11.8 Å². The first-order valence-electron chi connectivity index (χ1n) is 5.41. The van der Waals surface area contributed by atoms with Gasteiger partial charge in [-0.05, 0) is 30.5 Å². The Hall–Kier alpha value is -2.28. The van der Waals surface area contributed by atoms with Gasteiger partial charge in [-0.25, -0.2) is 8.78 Å². The highest BCUT2D eigenvalue weighted by Gasteiger charge is 2.09. The first-order chi connectivity index (χ1) is 8.58. The topological polar surface area (TPSA) is 29.3 Å². The molecule has 92 valence electrons. The minimum absolute atomic E-state index is 0.102. The number of halogens is 2. The molecular weight excluding hydrogens is 234 g/mol. The van der Waals surface area contributed by atoms with Crippen molar-refractivity contribution in [2.75, 3.05) is 19.3 Å². The van der Waals surface area contributed by atoms with Crippen molar-refractivity contribution in [3.05, 3.63) is 53.3 Å². The van der Waals surface area contributed by atoms with Crippen LogP contribution in [0.3, 0.4) is 0 Å². The summed E-state index contributed by atoms with van der Waals surface area (Å²) in [5, 5.41) is 0. The molecule has 1 heterocycles. The molecule has 0 aliphatic carbocycles. The molecule has 0 atom stereocenters. The molecule has 0 aromatic heterocycles. The van der Waals surface area contributed by atoms with Crippen LogP contribution in [0, 0.1) is 23.5 Å². The van der Waals surface area contributed by atoms with Gasteiger partial charge in [-0.15, -0.1) is 0 Å². The van der Waals surface area contributed by atoms with E-state index in [-0.39, 0.29) is 11.3 Å². The molecule has 2 rings (SSSR count). The van der Waals surface area contributed by atoms with Crippen LogP contribution in [0.2, 0.25) is 0 Å². The van der Waals surface area contributed by atoms with Crippen LogP contribution in [-0.4, -0.2) is 18.5 Å². The van der Waals surface area contributed by atoms with E-state index in [1.807, 2.05) is 30.3 Å². The van der Waals surface area contributed by atoms with Gasteiger partial charge in [0.2, 0.25) is 0 Å². The van der Waals surface area contributed by atoms with Crippen LogP contribution in [0.15, 0.2) is 36.1 Å². The summed E-state index contributed by atoms with van der Waals surface area (Å²) in [5.74, 6) is 3.76. The van der Waals surface area contributed by atoms with E-state index in [1.165, 1.54) is 6.07 Å². The number of nitrogens with zero attached hydrogens (tertiary/aromatic N) is 1. The number of nitrogen functional groups attached to an aromatic ring is 1. The Balaban J connectivity index is 2.34. The molecule has 0 radical (unpaired) electrons. The zero-order valence-corrected chi connectivity index (χ0v) is 9.87. The maximum atomic E-state index is 13.6. The fourth-order valence-electron chi connectivity index (χ4n) is 1.59. The molecule has 0 amide bonds. The van der Waals surface area contributed by atoms with E-state index in [0.29, 0.717) is 6.54 Å². The molecule has 18 heavy (non-hydrogen) atoms. The van der Waals surface area contributed by atoms with Crippen molar-refractivity contribution < 1.29 is 8.78 Å². The second-order valence-electron chi connectivity index (χ2n) is 4.02. The van der Waals surface area contributed by atoms with E-state index >= 15 is 0 Å². The average Bonchev–Trinajstić information content (AvgIpc) is 2.34. The monoisotopic (exact) mass is 246 g/mol. The number of hydrogen-bond donors (Lipinski definition) is 1. The second kappa shape index (κ2) is 4.92. The van der Waals surface area contributed by atoms with E-state index in [4.69, 9.17) is 5.73 Å². The van der Waals surface area contributed by atoms with Gasteiger partial charge in [0.1, 0.15) is 5.82 Å². The number of allylic oxidation sites excluding steroid dienone is 2. The molecule has 1 aliphatic rings. The first-order valence-corrected chi connectivity index (χ1v) is 5.41. The largest absolute Gasteiger partial charge is 0.396 e. The molecule has 0 unspecified atom stereocenters. The predicted octanol–water partition coefficient (Wildman–Crippen LogP) is 2.28. The minimum Gasteiger partial charge on any atom is -0.396 e. The Labute approximate surface area is 104 Å². The highest BCUT2D eigenvalue weighted by molar-refractivity contribution is 5.52. The quantitative estimate of drug-likeness (QED) is 0.562. The third kappa shape index (κ3) is 2.51. The van der Waals surface area contributed by atoms with Crippen molar-refractivity contribution >= 4 is 5.69 Å². The van der Waals surface area contributed by atoms with E-state index < -0.39 is 11.6 Å². The molecular formula is C14H12F2N2. The zero-order chi connectivity index (χ0) is 13.1. The van der Waals surface area contributed by atoms with Gasteiger partial charge in [0, 0.05) is 19.2 Å². The number of likely N-dealkylation sites (N-methyl/N-ethyl adjacent to an activating group) is 1. The summed E-state index contributed by atoms with van der Waals surface area (Å²) in [6.45, 7) is 0.620. The van der Waals surface area contributed by atoms with Crippen LogP contribution in [0.5, 0.6) is 0 Å². The van der Waals surface area contributed by atoms with Crippen LogP contribution in [0.25, 0.3) is 0 Å². The summed E-state index contributed by atoms with van der Waals surface area (Å²) in [4.78, 5) is 1.93. The van der Waals surface area contributed by atoms with Crippen molar-refractivity contribution in [3.8, 4) is 11.8 Å². The number of rotatable bonds is 0. The van der Waals surface area contributed by atoms with Gasteiger partial charge in [0.05, 0.1) is 11.3 Å². The zero-order valence-electron chi connectivity index (χ0n) is 9.87. The summed E-state index contributed by atoms with van der Waals surface area (Å²) in [6, 6.07) is 2.30. The highest BCUT2D eigenvalue weighted by atomic mass is 19.1. The van der Waals surface area contributed by atoms with Crippen LogP contribution in [0.1, 0.15) is 5.56 Å². The van der Waals surface area contributed by atoms with Gasteiger partial charge in [-0.3, -0.25) is 0 Å². The molecule has 4 heteroatoms. The Morgan fingerprint density at radius 1 is 1.28 bits per heavy atom. The standard InChI is InChI=1S/C14H12F2N2/c1-18-8-2-3-10(9-18)4-5-11-12(15)6-7-13(17)14(11)16/h2-3,6-8H,9,17H2,1H3. The summed E-state index contributed by atoms with van der Waals surface area (Å²) >= 11 is 0. The van der Waals surface area contributed by atoms with Crippen LogP contribution < -0.4 is 5.73 Å². The van der Waals surface area contributed by atoms with Crippen LogP contribution >= 0.6 is 0 Å². The Morgan fingerprint density at radius 2 is 2.06 bits per heavy atom. The Morgan fingerprint density at radius 3 is 2.78 bits per heavy atom. The summed E-state index contributed by atoms with van der Waals surface area (Å²) in [7, 11) is 1.90. The summed E-state index contributed by atoms with van der Waals surface area (Å²) < 4.78 is 27.0. The average molecular weight is 246 g/mol. The van der Waals surface area contributed by atoms with E-state index in [9.17, 15) is 8.78 Å². The summed E-state index contributed by atoms with van der Waals surface area (Å²) in [6.07, 6.45) is 5.54. The third-order valence-corrected chi connectivity index (χ3v) is 2.53. The molecule has 0 spiro atoms. The molecule has 0 saturated carbocycles. The van der Waals surface area contributed by atoms with E-state index in [1.54, 1.807) is 0 Å². The number of nitrogens with two attached hydrogens (primary N) is 1. The second-order valence-corrected chi connectivity index (χ2v) is 4.02.